The summed E-state index contributed by atoms with van der Waals surface area (Å²) in [5.41, 5.74) is 2.12. The van der Waals surface area contributed by atoms with Gasteiger partial charge < -0.3 is 18.8 Å². The summed E-state index contributed by atoms with van der Waals surface area (Å²) in [5, 5.41) is 8.94. The number of nitriles is 1. The third-order valence-electron chi connectivity index (χ3n) is 6.87. The maximum atomic E-state index is 15.5. The smallest absolute Gasteiger partial charge is 0.337 e. The van der Waals surface area contributed by atoms with E-state index in [2.05, 4.69) is 9.97 Å². The fraction of sp³-hybridized carbons (Fsp3) is 0.188. The molecule has 5 aromatic rings. The predicted molar refractivity (Wildman–Crippen MR) is 151 cm³/mol. The largest absolute Gasteiger partial charge is 0.472 e. The normalized spacial score (nSPS) is 11.0. The van der Waals surface area contributed by atoms with Gasteiger partial charge in [0.25, 0.3) is 0 Å². The van der Waals surface area contributed by atoms with Crippen molar-refractivity contribution in [2.75, 3.05) is 20.8 Å². The standard InChI is InChI=1S/C32H25F3N4O4/c1-41-11-10-39-29-15-20(32(40)42-2)7-8-28(29)38-30(39)16-24-26(34)13-22(14-27(24)35)23-4-3-9-37-31(23)43-18-21-6-5-19(17-36)12-25(21)33/h3-9,12-15H,10-11,16,18H2,1-2H3. The molecule has 8 nitrogen and oxygen atoms in total. The van der Waals surface area contributed by atoms with Crippen LogP contribution >= 0.6 is 0 Å². The highest BCUT2D eigenvalue weighted by molar-refractivity contribution is 5.93. The van der Waals surface area contributed by atoms with Gasteiger partial charge in [0.05, 0.1) is 41.9 Å². The number of esters is 1. The van der Waals surface area contributed by atoms with Crippen LogP contribution in [0.4, 0.5) is 13.2 Å². The Hall–Kier alpha value is -5.21. The molecule has 2 aromatic heterocycles. The molecule has 0 fully saturated rings. The summed E-state index contributed by atoms with van der Waals surface area (Å²) in [4.78, 5) is 20.8. The van der Waals surface area contributed by atoms with Crippen molar-refractivity contribution in [1.82, 2.24) is 14.5 Å². The van der Waals surface area contributed by atoms with E-state index in [0.29, 0.717) is 41.1 Å². The van der Waals surface area contributed by atoms with E-state index in [-0.39, 0.29) is 41.2 Å². The average molecular weight is 587 g/mol. The van der Waals surface area contributed by atoms with Crippen LogP contribution in [0, 0.1) is 28.8 Å². The SMILES string of the molecule is COCCn1c(Cc2c(F)cc(-c3cccnc3OCc3ccc(C#N)cc3F)cc2F)nc2ccc(C(=O)OC)cc21. The van der Waals surface area contributed by atoms with Crippen LogP contribution in [0.3, 0.4) is 0 Å². The molecular weight excluding hydrogens is 561 g/mol. The van der Waals surface area contributed by atoms with Gasteiger partial charge in [0, 0.05) is 43.0 Å². The highest BCUT2D eigenvalue weighted by atomic mass is 19.1. The number of fused-ring (bicyclic) bond motifs is 1. The lowest BCUT2D eigenvalue weighted by Crippen LogP contribution is -2.11. The third-order valence-corrected chi connectivity index (χ3v) is 6.87. The number of pyridine rings is 1. The van der Waals surface area contributed by atoms with Crippen molar-refractivity contribution in [1.29, 1.82) is 5.26 Å². The summed E-state index contributed by atoms with van der Waals surface area (Å²) in [5.74, 6) is -2.30. The summed E-state index contributed by atoms with van der Waals surface area (Å²) in [6, 6.07) is 16.3. The number of halogens is 3. The lowest BCUT2D eigenvalue weighted by Gasteiger charge is -2.13. The maximum Gasteiger partial charge on any atom is 0.337 e. The minimum Gasteiger partial charge on any atom is -0.472 e. The Bertz CT molecular complexity index is 1840. The number of benzene rings is 3. The van der Waals surface area contributed by atoms with E-state index in [1.54, 1.807) is 34.9 Å². The van der Waals surface area contributed by atoms with Gasteiger partial charge >= 0.3 is 5.97 Å². The van der Waals surface area contributed by atoms with Crippen molar-refractivity contribution >= 4 is 17.0 Å². The molecule has 0 unspecified atom stereocenters. The summed E-state index contributed by atoms with van der Waals surface area (Å²) in [7, 11) is 2.82. The molecule has 0 radical (unpaired) electrons. The molecule has 0 saturated carbocycles. The van der Waals surface area contributed by atoms with Crippen LogP contribution < -0.4 is 4.74 Å². The number of hydrogen-bond donors (Lipinski definition) is 0. The number of carbonyl (C=O) groups is 1. The maximum absolute atomic E-state index is 15.5. The molecule has 0 aliphatic rings. The number of ether oxygens (including phenoxy) is 3. The molecule has 0 spiro atoms. The van der Waals surface area contributed by atoms with Crippen molar-refractivity contribution in [3.8, 4) is 23.1 Å². The average Bonchev–Trinajstić information content (AvgIpc) is 3.36. The van der Waals surface area contributed by atoms with Gasteiger partial charge in [0.1, 0.15) is 29.9 Å². The van der Waals surface area contributed by atoms with Gasteiger partial charge in [0.15, 0.2) is 0 Å². The zero-order valence-corrected chi connectivity index (χ0v) is 23.2. The Morgan fingerprint density at radius 2 is 1.79 bits per heavy atom. The molecule has 0 amide bonds. The highest BCUT2D eigenvalue weighted by Crippen LogP contribution is 2.32. The number of rotatable bonds is 10. The van der Waals surface area contributed by atoms with Crippen LogP contribution in [-0.4, -0.2) is 41.3 Å². The van der Waals surface area contributed by atoms with Crippen molar-refractivity contribution in [2.24, 2.45) is 0 Å². The zero-order valence-electron chi connectivity index (χ0n) is 23.2. The highest BCUT2D eigenvalue weighted by Gasteiger charge is 2.20. The summed E-state index contributed by atoms with van der Waals surface area (Å²) < 4.78 is 62.9. The third kappa shape index (κ3) is 6.19. The zero-order chi connectivity index (χ0) is 30.5. The molecule has 2 heterocycles. The Kier molecular flexibility index (Phi) is 8.69. The Balaban J connectivity index is 1.45. The number of hydrogen-bond acceptors (Lipinski definition) is 7. The van der Waals surface area contributed by atoms with Crippen LogP contribution in [0.5, 0.6) is 5.88 Å². The van der Waals surface area contributed by atoms with Crippen LogP contribution in [0.2, 0.25) is 0 Å². The second kappa shape index (κ2) is 12.8. The van der Waals surface area contributed by atoms with Gasteiger partial charge in [-0.2, -0.15) is 5.26 Å². The van der Waals surface area contributed by atoms with E-state index in [9.17, 15) is 9.18 Å². The summed E-state index contributed by atoms with van der Waals surface area (Å²) >= 11 is 0. The molecule has 0 N–H and O–H groups in total. The van der Waals surface area contributed by atoms with E-state index in [0.717, 1.165) is 6.07 Å². The first-order chi connectivity index (χ1) is 20.8. The lowest BCUT2D eigenvalue weighted by atomic mass is 10.0. The monoisotopic (exact) mass is 586 g/mol. The quantitative estimate of drug-likeness (QED) is 0.185. The van der Waals surface area contributed by atoms with Gasteiger partial charge in [-0.25, -0.2) is 27.9 Å². The van der Waals surface area contributed by atoms with Gasteiger partial charge in [-0.3, -0.25) is 0 Å². The molecule has 0 atom stereocenters. The van der Waals surface area contributed by atoms with Crippen LogP contribution in [0.25, 0.3) is 22.2 Å². The summed E-state index contributed by atoms with van der Waals surface area (Å²) in [6.45, 7) is 0.436. The van der Waals surface area contributed by atoms with Crippen LogP contribution in [0.1, 0.15) is 32.9 Å². The van der Waals surface area contributed by atoms with Gasteiger partial charge in [0.2, 0.25) is 5.88 Å². The number of imidazole rings is 1. The molecule has 0 aliphatic heterocycles. The van der Waals surface area contributed by atoms with Gasteiger partial charge in [-0.05, 0) is 60.2 Å². The van der Waals surface area contributed by atoms with Crippen LogP contribution in [0.15, 0.2) is 66.9 Å². The fourth-order valence-electron chi connectivity index (χ4n) is 4.68. The van der Waals surface area contributed by atoms with Crippen LogP contribution in [-0.2, 0) is 29.0 Å². The molecule has 3 aromatic carbocycles. The number of methoxy groups -OCH3 is 2. The molecule has 5 rings (SSSR count). The van der Waals surface area contributed by atoms with E-state index < -0.39 is 23.4 Å². The summed E-state index contributed by atoms with van der Waals surface area (Å²) in [6.07, 6.45) is 1.28. The molecule has 11 heteroatoms. The first-order valence-corrected chi connectivity index (χ1v) is 13.1. The molecule has 43 heavy (non-hydrogen) atoms. The first kappa shape index (κ1) is 29.3. The Morgan fingerprint density at radius 1 is 1.00 bits per heavy atom. The molecule has 218 valence electrons. The minimum atomic E-state index is -0.802. The van der Waals surface area contributed by atoms with Gasteiger partial charge in [-0.1, -0.05) is 6.07 Å². The van der Waals surface area contributed by atoms with Crippen molar-refractivity contribution in [3.05, 3.63) is 112 Å². The van der Waals surface area contributed by atoms with E-state index in [1.807, 2.05) is 6.07 Å². The molecule has 0 aliphatic carbocycles. The van der Waals surface area contributed by atoms with Crippen molar-refractivity contribution in [3.63, 3.8) is 0 Å². The number of carbonyl (C=O) groups excluding carboxylic acids is 1. The van der Waals surface area contributed by atoms with Gasteiger partial charge in [-0.15, -0.1) is 0 Å². The first-order valence-electron chi connectivity index (χ1n) is 13.1. The number of nitrogens with zero attached hydrogens (tertiary/aromatic N) is 4. The number of aromatic nitrogens is 3. The van der Waals surface area contributed by atoms with E-state index in [1.165, 1.54) is 44.7 Å². The lowest BCUT2D eigenvalue weighted by molar-refractivity contribution is 0.0601. The topological polar surface area (TPSA) is 99.3 Å². The molecule has 0 saturated heterocycles. The second-order valence-corrected chi connectivity index (χ2v) is 9.53. The van der Waals surface area contributed by atoms with E-state index >= 15 is 8.78 Å². The molecular formula is C32H25F3N4O4. The molecule has 0 bridgehead atoms. The predicted octanol–water partition coefficient (Wildman–Crippen LogP) is 5.99. The van der Waals surface area contributed by atoms with Crippen molar-refractivity contribution in [2.45, 2.75) is 19.6 Å². The van der Waals surface area contributed by atoms with E-state index in [4.69, 9.17) is 19.5 Å². The van der Waals surface area contributed by atoms with Crippen molar-refractivity contribution < 1.29 is 32.2 Å². The fourth-order valence-corrected chi connectivity index (χ4v) is 4.68. The second-order valence-electron chi connectivity index (χ2n) is 9.53. The Labute approximate surface area is 244 Å². The minimum absolute atomic E-state index is 0.0561. The Morgan fingerprint density at radius 3 is 2.49 bits per heavy atom.